The van der Waals surface area contributed by atoms with Gasteiger partial charge in [0.2, 0.25) is 0 Å². The molecule has 1 fully saturated rings. The zero-order valence-electron chi connectivity index (χ0n) is 15.3. The molecule has 24 heavy (non-hydrogen) atoms. The molecule has 0 spiro atoms. The summed E-state index contributed by atoms with van der Waals surface area (Å²) in [5.74, 6) is 0.941. The van der Waals surface area contributed by atoms with Gasteiger partial charge in [-0.2, -0.15) is 0 Å². The summed E-state index contributed by atoms with van der Waals surface area (Å²) < 4.78 is 5.58. The Labute approximate surface area is 145 Å². The molecule has 0 heterocycles. The summed E-state index contributed by atoms with van der Waals surface area (Å²) in [5, 5.41) is 0. The van der Waals surface area contributed by atoms with Gasteiger partial charge in [-0.25, -0.2) is 0 Å². The Hall–Kier alpha value is -1.42. The van der Waals surface area contributed by atoms with Crippen LogP contribution in [0.3, 0.4) is 0 Å². The summed E-state index contributed by atoms with van der Waals surface area (Å²) in [7, 11) is 2.00. The molecule has 1 atom stereocenters. The van der Waals surface area contributed by atoms with Crippen molar-refractivity contribution in [2.75, 3.05) is 20.2 Å². The van der Waals surface area contributed by atoms with Gasteiger partial charge in [0.15, 0.2) is 0 Å². The minimum atomic E-state index is -0.226. The first-order valence-electron chi connectivity index (χ1n) is 9.21. The van der Waals surface area contributed by atoms with Gasteiger partial charge in [0.1, 0.15) is 18.4 Å². The average molecular weight is 333 g/mol. The summed E-state index contributed by atoms with van der Waals surface area (Å²) >= 11 is 0. The Bertz CT molecular complexity index is 497. The third kappa shape index (κ3) is 5.59. The number of ether oxygens (including phenoxy) is 1. The number of ketones is 1. The van der Waals surface area contributed by atoms with E-state index >= 15 is 0 Å². The average Bonchev–Trinajstić information content (AvgIpc) is 2.56. The van der Waals surface area contributed by atoms with Crippen LogP contribution >= 0.6 is 0 Å². The monoisotopic (exact) mass is 333 g/mol. The van der Waals surface area contributed by atoms with Gasteiger partial charge in [0, 0.05) is 19.4 Å². The topological polar surface area (TPSA) is 46.6 Å². The highest BCUT2D eigenvalue weighted by atomic mass is 16.5. The van der Waals surface area contributed by atoms with E-state index in [0.717, 1.165) is 37.8 Å². The minimum Gasteiger partial charge on any atom is -0.460 e. The molecule has 0 radical (unpaired) electrons. The third-order valence-corrected chi connectivity index (χ3v) is 5.01. The van der Waals surface area contributed by atoms with Crippen LogP contribution in [0.4, 0.5) is 0 Å². The van der Waals surface area contributed by atoms with Crippen molar-refractivity contribution in [1.29, 1.82) is 0 Å². The molecule has 0 aromatic carbocycles. The van der Waals surface area contributed by atoms with Crippen molar-refractivity contribution in [2.45, 2.75) is 58.4 Å². The zero-order chi connectivity index (χ0) is 17.5. The maximum atomic E-state index is 12.6. The highest BCUT2D eigenvalue weighted by Gasteiger charge is 2.30. The predicted molar refractivity (Wildman–Crippen MR) is 95.6 cm³/mol. The number of hydrogen-bond acceptors (Lipinski definition) is 4. The Kier molecular flexibility index (Phi) is 7.22. The maximum Gasteiger partial charge on any atom is 0.323 e. The van der Waals surface area contributed by atoms with Gasteiger partial charge in [-0.3, -0.25) is 14.5 Å². The van der Waals surface area contributed by atoms with Crippen LogP contribution in [0.25, 0.3) is 0 Å². The van der Waals surface area contributed by atoms with Crippen molar-refractivity contribution in [3.8, 4) is 0 Å². The van der Waals surface area contributed by atoms with Gasteiger partial charge in [-0.05, 0) is 50.1 Å². The van der Waals surface area contributed by atoms with E-state index in [2.05, 4.69) is 30.9 Å². The van der Waals surface area contributed by atoms with Crippen molar-refractivity contribution in [3.63, 3.8) is 0 Å². The Morgan fingerprint density at radius 1 is 1.29 bits per heavy atom. The summed E-state index contributed by atoms with van der Waals surface area (Å²) in [6.07, 6.45) is 11.7. The summed E-state index contributed by atoms with van der Waals surface area (Å²) in [5.41, 5.74) is 1.09. The van der Waals surface area contributed by atoms with Crippen LogP contribution in [-0.2, 0) is 14.3 Å². The van der Waals surface area contributed by atoms with Gasteiger partial charge >= 0.3 is 5.97 Å². The number of nitrogens with zero attached hydrogens (tertiary/aromatic N) is 1. The number of carbonyl (C=O) groups excluding carboxylic acids is 2. The van der Waals surface area contributed by atoms with E-state index in [-0.39, 0.29) is 17.9 Å². The number of Topliss-reactive ketones (excluding diaryl/α,β-unsaturated/α-hetero) is 1. The van der Waals surface area contributed by atoms with Crippen LogP contribution in [-0.4, -0.2) is 42.9 Å². The largest absolute Gasteiger partial charge is 0.460 e. The zero-order valence-corrected chi connectivity index (χ0v) is 15.3. The molecule has 0 N–H and O–H groups in total. The molecule has 4 heteroatoms. The molecule has 2 aliphatic carbocycles. The second kappa shape index (κ2) is 9.16. The SMILES string of the molecule is CC(C)[C@@H](C(=O)OCC1=CCCC=C1)N(C)CC1CCC(=O)CC1. The fraction of sp³-hybridized carbons (Fsp3) is 0.700. The van der Waals surface area contributed by atoms with Crippen LogP contribution in [0.1, 0.15) is 52.4 Å². The smallest absolute Gasteiger partial charge is 0.323 e. The van der Waals surface area contributed by atoms with Crippen LogP contribution < -0.4 is 0 Å². The molecule has 0 aromatic rings. The molecule has 0 unspecified atom stereocenters. The Morgan fingerprint density at radius 2 is 2.00 bits per heavy atom. The number of allylic oxidation sites excluding steroid dienone is 2. The van der Waals surface area contributed by atoms with Gasteiger partial charge in [0.25, 0.3) is 0 Å². The standard InChI is InChI=1S/C20H31NO3/c1-15(2)19(20(23)24-14-17-7-5-4-6-8-17)21(3)13-16-9-11-18(22)12-10-16/h5,7-8,15-16,19H,4,6,9-14H2,1-3H3/t19-/m0/s1. The lowest BCUT2D eigenvalue weighted by molar-refractivity contribution is -0.150. The van der Waals surface area contributed by atoms with Gasteiger partial charge in [-0.1, -0.05) is 32.1 Å². The van der Waals surface area contributed by atoms with E-state index in [0.29, 0.717) is 31.1 Å². The molecule has 2 aliphatic rings. The van der Waals surface area contributed by atoms with Crippen LogP contribution in [0.5, 0.6) is 0 Å². The predicted octanol–water partition coefficient (Wildman–Crippen LogP) is 3.52. The number of rotatable bonds is 7. The van der Waals surface area contributed by atoms with Crippen LogP contribution in [0.15, 0.2) is 23.8 Å². The van der Waals surface area contributed by atoms with E-state index in [9.17, 15) is 9.59 Å². The number of hydrogen-bond donors (Lipinski definition) is 0. The molecule has 4 nitrogen and oxygen atoms in total. The molecular formula is C20H31NO3. The van der Waals surface area contributed by atoms with Crippen molar-refractivity contribution >= 4 is 11.8 Å². The summed E-state index contributed by atoms with van der Waals surface area (Å²) in [4.78, 5) is 26.1. The highest BCUT2D eigenvalue weighted by Crippen LogP contribution is 2.24. The minimum absolute atomic E-state index is 0.140. The highest BCUT2D eigenvalue weighted by molar-refractivity contribution is 5.79. The molecule has 2 rings (SSSR count). The van der Waals surface area contributed by atoms with Gasteiger partial charge < -0.3 is 4.74 Å². The molecule has 0 bridgehead atoms. The molecule has 0 saturated heterocycles. The third-order valence-electron chi connectivity index (χ3n) is 5.01. The first-order chi connectivity index (χ1) is 11.5. The first kappa shape index (κ1) is 18.9. The van der Waals surface area contributed by atoms with Crippen LogP contribution in [0.2, 0.25) is 0 Å². The Morgan fingerprint density at radius 3 is 2.58 bits per heavy atom. The van der Waals surface area contributed by atoms with Gasteiger partial charge in [-0.15, -0.1) is 0 Å². The molecule has 0 aliphatic heterocycles. The molecule has 0 amide bonds. The van der Waals surface area contributed by atoms with E-state index in [4.69, 9.17) is 4.74 Å². The first-order valence-corrected chi connectivity index (χ1v) is 9.21. The fourth-order valence-electron chi connectivity index (χ4n) is 3.68. The normalized spacial score (nSPS) is 20.4. The van der Waals surface area contributed by atoms with Crippen molar-refractivity contribution in [3.05, 3.63) is 23.8 Å². The second-order valence-electron chi connectivity index (χ2n) is 7.48. The van der Waals surface area contributed by atoms with Crippen molar-refractivity contribution < 1.29 is 14.3 Å². The summed E-state index contributed by atoms with van der Waals surface area (Å²) in [6, 6.07) is -0.226. The van der Waals surface area contributed by atoms with Crippen molar-refractivity contribution in [1.82, 2.24) is 4.90 Å². The number of carbonyl (C=O) groups is 2. The van der Waals surface area contributed by atoms with Crippen molar-refractivity contribution in [2.24, 2.45) is 11.8 Å². The molecule has 1 saturated carbocycles. The maximum absolute atomic E-state index is 12.6. The quantitative estimate of drug-likeness (QED) is 0.669. The second-order valence-corrected chi connectivity index (χ2v) is 7.48. The lowest BCUT2D eigenvalue weighted by Gasteiger charge is -2.33. The van der Waals surface area contributed by atoms with E-state index in [1.807, 2.05) is 13.1 Å². The van der Waals surface area contributed by atoms with E-state index in [1.165, 1.54) is 0 Å². The lowest BCUT2D eigenvalue weighted by Crippen LogP contribution is -2.46. The van der Waals surface area contributed by atoms with Gasteiger partial charge in [0.05, 0.1) is 0 Å². The lowest BCUT2D eigenvalue weighted by atomic mass is 9.87. The summed E-state index contributed by atoms with van der Waals surface area (Å²) in [6.45, 7) is 5.34. The van der Waals surface area contributed by atoms with E-state index < -0.39 is 0 Å². The molecule has 0 aromatic heterocycles. The number of likely N-dealkylation sites (N-methyl/N-ethyl adjacent to an activating group) is 1. The van der Waals surface area contributed by atoms with E-state index in [1.54, 1.807) is 0 Å². The fourth-order valence-corrected chi connectivity index (χ4v) is 3.68. The molecule has 134 valence electrons. The Balaban J connectivity index is 1.87. The number of esters is 1. The molecular weight excluding hydrogens is 302 g/mol. The van der Waals surface area contributed by atoms with Crippen LogP contribution in [0, 0.1) is 11.8 Å².